The van der Waals surface area contributed by atoms with Gasteiger partial charge in [-0.05, 0) is 70.7 Å². The minimum atomic E-state index is -0.482. The number of hydrogen-bond donors (Lipinski definition) is 3. The molecule has 31 heavy (non-hydrogen) atoms. The van der Waals surface area contributed by atoms with Crippen molar-refractivity contribution in [3.63, 3.8) is 0 Å². The van der Waals surface area contributed by atoms with Crippen LogP contribution in [0.25, 0.3) is 0 Å². The van der Waals surface area contributed by atoms with Gasteiger partial charge in [-0.3, -0.25) is 9.48 Å². The van der Waals surface area contributed by atoms with Crippen LogP contribution >= 0.6 is 0 Å². The molecule has 7 nitrogen and oxygen atoms in total. The first-order valence-corrected chi connectivity index (χ1v) is 11.3. The third-order valence-corrected chi connectivity index (χ3v) is 6.85. The summed E-state index contributed by atoms with van der Waals surface area (Å²) in [7, 11) is 0. The fraction of sp³-hybridized carbons (Fsp3) is 0.542. The monoisotopic (exact) mass is 422 g/mol. The predicted octanol–water partition coefficient (Wildman–Crippen LogP) is 3.91. The lowest BCUT2D eigenvalue weighted by atomic mass is 9.80. The Balaban J connectivity index is 1.52. The molecule has 4 rings (SSSR count). The molecule has 2 unspecified atom stereocenters. The Morgan fingerprint density at radius 1 is 1.26 bits per heavy atom. The third-order valence-electron chi connectivity index (χ3n) is 6.85. The van der Waals surface area contributed by atoms with Gasteiger partial charge in [0.15, 0.2) is 5.82 Å². The first kappa shape index (κ1) is 21.6. The lowest BCUT2D eigenvalue weighted by Crippen LogP contribution is -2.50. The first-order chi connectivity index (χ1) is 14.9. The van der Waals surface area contributed by atoms with E-state index in [9.17, 15) is 4.79 Å². The molecule has 166 valence electrons. The maximum atomic E-state index is 12.1. The summed E-state index contributed by atoms with van der Waals surface area (Å²) in [5.74, 6) is 1.12. The smallest absolute Gasteiger partial charge is 0.254 e. The van der Waals surface area contributed by atoms with E-state index in [0.717, 1.165) is 30.9 Å². The van der Waals surface area contributed by atoms with E-state index in [1.54, 1.807) is 6.20 Å². The molecule has 1 aromatic heterocycles. The summed E-state index contributed by atoms with van der Waals surface area (Å²) in [6.07, 6.45) is 7.51. The Bertz CT molecular complexity index is 917. The molecule has 2 aromatic rings. The second-order valence-electron chi connectivity index (χ2n) is 9.61. The van der Waals surface area contributed by atoms with E-state index in [0.29, 0.717) is 29.9 Å². The summed E-state index contributed by atoms with van der Waals surface area (Å²) in [6, 6.07) is 10.3. The second-order valence-corrected chi connectivity index (χ2v) is 9.61. The average Bonchev–Trinajstić information content (AvgIpc) is 3.51. The number of nitrogens with zero attached hydrogens (tertiary/aromatic N) is 3. The molecule has 1 aromatic carbocycles. The Kier molecular flexibility index (Phi) is 6.14. The molecule has 0 radical (unpaired) electrons. The zero-order valence-electron chi connectivity index (χ0n) is 18.6. The minimum absolute atomic E-state index is 0.164. The van der Waals surface area contributed by atoms with Crippen LogP contribution in [-0.4, -0.2) is 40.5 Å². The number of carbonyl (C=O) groups excluding carboxylic acids is 1. The number of hydrogen-bond acceptors (Lipinski definition) is 5. The molecule has 0 saturated heterocycles. The zero-order valence-corrected chi connectivity index (χ0v) is 18.6. The fourth-order valence-electron chi connectivity index (χ4n) is 5.03. The average molecular weight is 423 g/mol. The van der Waals surface area contributed by atoms with Crippen LogP contribution in [0.5, 0.6) is 0 Å². The Morgan fingerprint density at radius 2 is 2.00 bits per heavy atom. The van der Waals surface area contributed by atoms with Crippen molar-refractivity contribution in [1.82, 2.24) is 15.1 Å². The highest BCUT2D eigenvalue weighted by atomic mass is 16.1. The van der Waals surface area contributed by atoms with Crippen molar-refractivity contribution in [2.24, 2.45) is 22.6 Å². The van der Waals surface area contributed by atoms with Crippen molar-refractivity contribution in [3.8, 4) is 0 Å². The molecular weight excluding hydrogens is 388 g/mol. The van der Waals surface area contributed by atoms with E-state index in [1.165, 1.54) is 12.8 Å². The maximum absolute atomic E-state index is 12.1. The highest BCUT2D eigenvalue weighted by Gasteiger charge is 2.41. The van der Waals surface area contributed by atoms with Gasteiger partial charge in [0.25, 0.3) is 5.91 Å². The highest BCUT2D eigenvalue weighted by molar-refractivity contribution is 5.98. The van der Waals surface area contributed by atoms with E-state index >= 15 is 0 Å². The zero-order chi connectivity index (χ0) is 22.0. The molecule has 4 N–H and O–H groups in total. The van der Waals surface area contributed by atoms with Crippen LogP contribution in [0.2, 0.25) is 0 Å². The summed E-state index contributed by atoms with van der Waals surface area (Å²) in [5, 5.41) is 11.9. The van der Waals surface area contributed by atoms with Gasteiger partial charge in [-0.2, -0.15) is 5.10 Å². The van der Waals surface area contributed by atoms with E-state index in [1.807, 2.05) is 35.0 Å². The molecule has 0 aliphatic heterocycles. The predicted molar refractivity (Wildman–Crippen MR) is 125 cm³/mol. The largest absolute Gasteiger partial charge is 0.365 e. The number of nitrogens with two attached hydrogens (primary N) is 1. The minimum Gasteiger partial charge on any atom is -0.365 e. The summed E-state index contributed by atoms with van der Waals surface area (Å²) in [6.45, 7) is 9.07. The molecule has 1 amide bonds. The Labute approximate surface area is 184 Å². The van der Waals surface area contributed by atoms with Crippen LogP contribution in [0.4, 0.5) is 11.5 Å². The van der Waals surface area contributed by atoms with E-state index in [2.05, 4.69) is 36.2 Å². The number of nitrogens with one attached hydrogen (secondary N) is 2. The number of carbonyl (C=O) groups is 1. The topological polar surface area (TPSA) is 97.3 Å². The number of benzene rings is 1. The standard InChI is InChI=1S/C24H34N6O/c1-24(2,17-9-10-17)28-19-11-12-21(16(13-19)14-26-3)30-15-20(22(25)31)23(29-30)27-18-7-5-4-6-8-18/h4-8,15-17,19,21,28H,3,9-14H2,1-2H3,(H2,25,31)(H,27,29)/t16?,19-,21?/m0/s1. The number of rotatable bonds is 9. The SMILES string of the molecule is C=NCC1C[C@@H](NC(C)(C)C2CC2)CCC1n1cc(C(N)=O)c(Nc2ccccc2)n1. The van der Waals surface area contributed by atoms with Crippen molar-refractivity contribution < 1.29 is 4.79 Å². The van der Waals surface area contributed by atoms with Gasteiger partial charge in [0.1, 0.15) is 5.56 Å². The number of amides is 1. The van der Waals surface area contributed by atoms with Gasteiger partial charge < -0.3 is 21.4 Å². The number of primary amides is 1. The molecule has 2 fully saturated rings. The molecular formula is C24H34N6O. The van der Waals surface area contributed by atoms with E-state index in [-0.39, 0.29) is 11.6 Å². The van der Waals surface area contributed by atoms with Crippen LogP contribution in [0.1, 0.15) is 62.4 Å². The Hall–Kier alpha value is -2.67. The summed E-state index contributed by atoms with van der Waals surface area (Å²) in [4.78, 5) is 16.3. The van der Waals surface area contributed by atoms with Gasteiger partial charge in [-0.25, -0.2) is 0 Å². The van der Waals surface area contributed by atoms with Crippen LogP contribution in [0.15, 0.2) is 41.5 Å². The molecule has 0 spiro atoms. The summed E-state index contributed by atoms with van der Waals surface area (Å²) >= 11 is 0. The summed E-state index contributed by atoms with van der Waals surface area (Å²) in [5.41, 5.74) is 7.12. The van der Waals surface area contributed by atoms with Gasteiger partial charge >= 0.3 is 0 Å². The number of para-hydroxylation sites is 1. The van der Waals surface area contributed by atoms with Crippen LogP contribution < -0.4 is 16.4 Å². The van der Waals surface area contributed by atoms with Crippen LogP contribution in [-0.2, 0) is 0 Å². The van der Waals surface area contributed by atoms with Gasteiger partial charge in [-0.1, -0.05) is 18.2 Å². The van der Waals surface area contributed by atoms with Gasteiger partial charge in [0.2, 0.25) is 0 Å². The van der Waals surface area contributed by atoms with Crippen LogP contribution in [0.3, 0.4) is 0 Å². The second kappa shape index (κ2) is 8.83. The van der Waals surface area contributed by atoms with E-state index < -0.39 is 5.91 Å². The van der Waals surface area contributed by atoms with Crippen molar-refractivity contribution in [2.75, 3.05) is 11.9 Å². The summed E-state index contributed by atoms with van der Waals surface area (Å²) < 4.78 is 1.92. The van der Waals surface area contributed by atoms with Gasteiger partial charge in [-0.15, -0.1) is 0 Å². The highest BCUT2D eigenvalue weighted by Crippen LogP contribution is 2.41. The molecule has 3 atom stereocenters. The first-order valence-electron chi connectivity index (χ1n) is 11.3. The normalized spacial score (nSPS) is 24.0. The molecule has 2 aliphatic carbocycles. The lowest BCUT2D eigenvalue weighted by Gasteiger charge is -2.40. The quantitative estimate of drug-likeness (QED) is 0.534. The number of aliphatic imine (C=N–C) groups is 1. The van der Waals surface area contributed by atoms with Crippen molar-refractivity contribution in [3.05, 3.63) is 42.1 Å². The third kappa shape index (κ3) is 4.98. The van der Waals surface area contributed by atoms with Gasteiger partial charge in [0.05, 0.1) is 6.04 Å². The molecule has 7 heteroatoms. The molecule has 2 saturated carbocycles. The van der Waals surface area contributed by atoms with Crippen molar-refractivity contribution in [1.29, 1.82) is 0 Å². The lowest BCUT2D eigenvalue weighted by molar-refractivity contribution is 0.100. The fourth-order valence-corrected chi connectivity index (χ4v) is 5.03. The molecule has 1 heterocycles. The maximum Gasteiger partial charge on any atom is 0.254 e. The molecule has 2 aliphatic rings. The number of aromatic nitrogens is 2. The van der Waals surface area contributed by atoms with Crippen LogP contribution in [0, 0.1) is 11.8 Å². The number of anilines is 2. The molecule has 0 bridgehead atoms. The Morgan fingerprint density at radius 3 is 2.65 bits per heavy atom. The van der Waals surface area contributed by atoms with Crippen molar-refractivity contribution in [2.45, 2.75) is 63.6 Å². The van der Waals surface area contributed by atoms with Crippen molar-refractivity contribution >= 4 is 24.1 Å². The van der Waals surface area contributed by atoms with Gasteiger partial charge in [0, 0.05) is 35.9 Å². The van der Waals surface area contributed by atoms with E-state index in [4.69, 9.17) is 10.8 Å².